The molecule has 2 aromatic rings. The van der Waals surface area contributed by atoms with Crippen LogP contribution in [0.25, 0.3) is 11.0 Å². The van der Waals surface area contributed by atoms with Gasteiger partial charge in [0, 0.05) is 24.7 Å². The lowest BCUT2D eigenvalue weighted by molar-refractivity contribution is 0.157. The molecule has 0 saturated carbocycles. The van der Waals surface area contributed by atoms with Crippen molar-refractivity contribution in [3.63, 3.8) is 0 Å². The predicted octanol–water partition coefficient (Wildman–Crippen LogP) is 3.44. The number of halogens is 1. The number of hydrogen-bond donors (Lipinski definition) is 0. The number of rotatable bonds is 3. The van der Waals surface area contributed by atoms with Crippen LogP contribution < -0.4 is 4.74 Å². The second-order valence-corrected chi connectivity index (χ2v) is 6.16. The van der Waals surface area contributed by atoms with E-state index in [4.69, 9.17) is 16.3 Å². The van der Waals surface area contributed by atoms with E-state index in [1.165, 1.54) is 0 Å². The molecule has 2 atom stereocenters. The van der Waals surface area contributed by atoms with Gasteiger partial charge in [-0.25, -0.2) is 4.98 Å². The number of likely N-dealkylation sites (tertiary alicyclic amines) is 1. The van der Waals surface area contributed by atoms with Crippen molar-refractivity contribution < 1.29 is 4.74 Å². The van der Waals surface area contributed by atoms with Gasteiger partial charge in [0.15, 0.2) is 0 Å². The van der Waals surface area contributed by atoms with Crippen LogP contribution >= 0.6 is 11.6 Å². The molecule has 2 heterocycles. The van der Waals surface area contributed by atoms with Crippen LogP contribution in [0.2, 0.25) is 0 Å². The summed E-state index contributed by atoms with van der Waals surface area (Å²) in [5, 5.41) is 0. The fourth-order valence-corrected chi connectivity index (χ4v) is 3.44. The molecule has 0 radical (unpaired) electrons. The lowest BCUT2D eigenvalue weighted by Crippen LogP contribution is -2.38. The summed E-state index contributed by atoms with van der Waals surface area (Å²) in [6.45, 7) is 3.39. The lowest BCUT2D eigenvalue weighted by atomic mass is 9.98. The fraction of sp³-hybridized carbons (Fsp3) is 0.562. The zero-order chi connectivity index (χ0) is 15.0. The quantitative estimate of drug-likeness (QED) is 0.814. The Labute approximate surface area is 130 Å². The third kappa shape index (κ3) is 2.62. The molecule has 0 aliphatic carbocycles. The van der Waals surface area contributed by atoms with Gasteiger partial charge < -0.3 is 14.2 Å². The molecule has 0 amide bonds. The second kappa shape index (κ2) is 5.85. The molecule has 1 aliphatic rings. The number of methoxy groups -OCH3 is 1. The van der Waals surface area contributed by atoms with Gasteiger partial charge in [-0.15, -0.1) is 11.6 Å². The molecule has 1 aliphatic heterocycles. The summed E-state index contributed by atoms with van der Waals surface area (Å²) >= 11 is 6.14. The van der Waals surface area contributed by atoms with E-state index >= 15 is 0 Å². The van der Waals surface area contributed by atoms with E-state index in [0.29, 0.717) is 18.0 Å². The van der Waals surface area contributed by atoms with Crippen molar-refractivity contribution >= 4 is 22.6 Å². The minimum atomic E-state index is 0.442. The highest BCUT2D eigenvalue weighted by Gasteiger charge is 2.27. The SMILES string of the molecule is COc1ccc2nc(CCl)n(C3CCN(C)C(C)C3)c2c1. The maximum Gasteiger partial charge on any atom is 0.125 e. The Hall–Kier alpha value is -1.26. The average molecular weight is 308 g/mol. The summed E-state index contributed by atoms with van der Waals surface area (Å²) in [7, 11) is 3.89. The minimum absolute atomic E-state index is 0.442. The summed E-state index contributed by atoms with van der Waals surface area (Å²) in [4.78, 5) is 7.10. The Balaban J connectivity index is 2.06. The first kappa shape index (κ1) is 14.7. The number of imidazole rings is 1. The van der Waals surface area contributed by atoms with Crippen LogP contribution in [0.3, 0.4) is 0 Å². The first-order valence-corrected chi connectivity index (χ1v) is 7.98. The van der Waals surface area contributed by atoms with Crippen molar-refractivity contribution in [2.75, 3.05) is 20.7 Å². The standard InChI is InChI=1S/C16H22ClN3O/c1-11-8-12(6-7-19(11)2)20-15-9-13(21-3)4-5-14(15)18-16(20)10-17/h4-5,9,11-12H,6-8,10H2,1-3H3. The number of nitrogens with zero attached hydrogens (tertiary/aromatic N) is 3. The number of piperidine rings is 1. The summed E-state index contributed by atoms with van der Waals surface area (Å²) in [6.07, 6.45) is 2.26. The molecular weight excluding hydrogens is 286 g/mol. The molecular formula is C16H22ClN3O. The van der Waals surface area contributed by atoms with Crippen molar-refractivity contribution in [2.24, 2.45) is 0 Å². The number of fused-ring (bicyclic) bond motifs is 1. The van der Waals surface area contributed by atoms with E-state index in [1.54, 1.807) is 7.11 Å². The van der Waals surface area contributed by atoms with Gasteiger partial charge in [0.2, 0.25) is 0 Å². The normalized spacial score (nSPS) is 23.6. The lowest BCUT2D eigenvalue weighted by Gasteiger charge is -2.36. The van der Waals surface area contributed by atoms with Crippen LogP contribution in [0.1, 0.15) is 31.6 Å². The van der Waals surface area contributed by atoms with Crippen LogP contribution in [0.15, 0.2) is 18.2 Å². The highest BCUT2D eigenvalue weighted by atomic mass is 35.5. The molecule has 3 rings (SSSR count). The summed E-state index contributed by atoms with van der Waals surface area (Å²) in [5.74, 6) is 2.27. The molecule has 0 bridgehead atoms. The molecule has 1 aromatic carbocycles. The number of aromatic nitrogens is 2. The molecule has 2 unspecified atom stereocenters. The van der Waals surface area contributed by atoms with Crippen molar-refractivity contribution in [3.8, 4) is 5.75 Å². The Morgan fingerprint density at radius 1 is 1.43 bits per heavy atom. The molecule has 21 heavy (non-hydrogen) atoms. The van der Waals surface area contributed by atoms with Gasteiger partial charge >= 0.3 is 0 Å². The Bertz CT molecular complexity index is 640. The van der Waals surface area contributed by atoms with Crippen LogP contribution in [0.4, 0.5) is 0 Å². The highest BCUT2D eigenvalue weighted by molar-refractivity contribution is 6.16. The van der Waals surface area contributed by atoms with Gasteiger partial charge in [0.05, 0.1) is 24.0 Å². The van der Waals surface area contributed by atoms with Gasteiger partial charge in [-0.3, -0.25) is 0 Å². The van der Waals surface area contributed by atoms with Crippen molar-refractivity contribution in [3.05, 3.63) is 24.0 Å². The Morgan fingerprint density at radius 3 is 2.90 bits per heavy atom. The third-order valence-corrected chi connectivity index (χ3v) is 4.87. The summed E-state index contributed by atoms with van der Waals surface area (Å²) in [6, 6.07) is 7.08. The monoisotopic (exact) mass is 307 g/mol. The zero-order valence-corrected chi connectivity index (χ0v) is 13.6. The topological polar surface area (TPSA) is 30.3 Å². The number of benzene rings is 1. The largest absolute Gasteiger partial charge is 0.497 e. The van der Waals surface area contributed by atoms with Gasteiger partial charge in [-0.05, 0) is 38.9 Å². The highest BCUT2D eigenvalue weighted by Crippen LogP contribution is 2.32. The van der Waals surface area contributed by atoms with E-state index < -0.39 is 0 Å². The third-order valence-electron chi connectivity index (χ3n) is 4.64. The fourth-order valence-electron chi connectivity index (χ4n) is 3.25. The van der Waals surface area contributed by atoms with Crippen LogP contribution in [0.5, 0.6) is 5.75 Å². The zero-order valence-electron chi connectivity index (χ0n) is 12.8. The first-order chi connectivity index (χ1) is 10.1. The van der Waals surface area contributed by atoms with Crippen LogP contribution in [-0.4, -0.2) is 41.2 Å². The van der Waals surface area contributed by atoms with Gasteiger partial charge in [-0.2, -0.15) is 0 Å². The average Bonchev–Trinajstić information content (AvgIpc) is 2.87. The van der Waals surface area contributed by atoms with E-state index in [0.717, 1.165) is 42.0 Å². The summed E-state index contributed by atoms with van der Waals surface area (Å²) in [5.41, 5.74) is 2.13. The molecule has 5 heteroatoms. The minimum Gasteiger partial charge on any atom is -0.497 e. The molecule has 0 N–H and O–H groups in total. The molecule has 4 nitrogen and oxygen atoms in total. The maximum atomic E-state index is 6.14. The Kier molecular flexibility index (Phi) is 4.09. The number of hydrogen-bond acceptors (Lipinski definition) is 3. The van der Waals surface area contributed by atoms with E-state index in [1.807, 2.05) is 12.1 Å². The van der Waals surface area contributed by atoms with Crippen molar-refractivity contribution in [1.29, 1.82) is 0 Å². The smallest absolute Gasteiger partial charge is 0.125 e. The van der Waals surface area contributed by atoms with E-state index in [2.05, 4.69) is 34.5 Å². The van der Waals surface area contributed by atoms with Gasteiger partial charge in [0.25, 0.3) is 0 Å². The predicted molar refractivity (Wildman–Crippen MR) is 86.2 cm³/mol. The molecule has 1 fully saturated rings. The van der Waals surface area contributed by atoms with Gasteiger partial charge in [0.1, 0.15) is 11.6 Å². The van der Waals surface area contributed by atoms with E-state index in [9.17, 15) is 0 Å². The molecule has 1 saturated heterocycles. The van der Waals surface area contributed by atoms with E-state index in [-0.39, 0.29) is 0 Å². The van der Waals surface area contributed by atoms with Crippen LogP contribution in [-0.2, 0) is 5.88 Å². The van der Waals surface area contributed by atoms with Crippen LogP contribution in [0, 0.1) is 0 Å². The number of alkyl halides is 1. The second-order valence-electron chi connectivity index (χ2n) is 5.89. The molecule has 0 spiro atoms. The summed E-state index contributed by atoms with van der Waals surface area (Å²) < 4.78 is 7.69. The van der Waals surface area contributed by atoms with Crippen molar-refractivity contribution in [1.82, 2.24) is 14.5 Å². The molecule has 114 valence electrons. The maximum absolute atomic E-state index is 6.14. The van der Waals surface area contributed by atoms with Crippen molar-refractivity contribution in [2.45, 2.75) is 37.7 Å². The Morgan fingerprint density at radius 2 is 2.24 bits per heavy atom. The molecule has 1 aromatic heterocycles. The first-order valence-electron chi connectivity index (χ1n) is 7.45. The van der Waals surface area contributed by atoms with Gasteiger partial charge in [-0.1, -0.05) is 0 Å². The number of ether oxygens (including phenoxy) is 1.